The first-order valence-corrected chi connectivity index (χ1v) is 5.09. The molecule has 0 saturated heterocycles. The average molecular weight is 235 g/mol. The molecule has 0 saturated carbocycles. The van der Waals surface area contributed by atoms with Crippen LogP contribution in [0.3, 0.4) is 0 Å². The van der Waals surface area contributed by atoms with Gasteiger partial charge in [0.1, 0.15) is 17.2 Å². The number of hydrogen-bond donors (Lipinski definition) is 1. The van der Waals surface area contributed by atoms with Crippen LogP contribution in [0.25, 0.3) is 0 Å². The Labute approximate surface area is 97.6 Å². The fourth-order valence-electron chi connectivity index (χ4n) is 1.64. The molecule has 2 aromatic rings. The van der Waals surface area contributed by atoms with E-state index >= 15 is 0 Å². The van der Waals surface area contributed by atoms with E-state index < -0.39 is 17.2 Å². The molecule has 88 valence electrons. The highest BCUT2D eigenvalue weighted by Crippen LogP contribution is 2.29. The van der Waals surface area contributed by atoms with Crippen molar-refractivity contribution < 1.29 is 13.9 Å². The Kier molecular flexibility index (Phi) is 2.90. The molecule has 0 spiro atoms. The molecule has 0 aliphatic rings. The van der Waals surface area contributed by atoms with Crippen LogP contribution in [0.15, 0.2) is 42.7 Å². The van der Waals surface area contributed by atoms with Gasteiger partial charge in [-0.2, -0.15) is 0 Å². The summed E-state index contributed by atoms with van der Waals surface area (Å²) in [5, 5.41) is 10.3. The van der Waals surface area contributed by atoms with Gasteiger partial charge in [0.15, 0.2) is 0 Å². The highest BCUT2D eigenvalue weighted by molar-refractivity contribution is 5.33. The largest absolute Gasteiger partial charge is 0.381 e. The van der Waals surface area contributed by atoms with Crippen LogP contribution in [0, 0.1) is 11.6 Å². The highest BCUT2D eigenvalue weighted by Gasteiger charge is 2.26. The van der Waals surface area contributed by atoms with Crippen molar-refractivity contribution in [3.63, 3.8) is 0 Å². The van der Waals surface area contributed by atoms with Crippen LogP contribution in [-0.2, 0) is 5.60 Å². The first-order chi connectivity index (χ1) is 8.00. The quantitative estimate of drug-likeness (QED) is 0.868. The van der Waals surface area contributed by atoms with E-state index in [2.05, 4.69) is 4.98 Å². The van der Waals surface area contributed by atoms with Crippen LogP contribution in [-0.4, -0.2) is 10.1 Å². The number of aromatic nitrogens is 1. The molecular weight excluding hydrogens is 224 g/mol. The van der Waals surface area contributed by atoms with E-state index in [-0.39, 0.29) is 5.56 Å². The molecule has 0 aliphatic heterocycles. The Morgan fingerprint density at radius 1 is 1.06 bits per heavy atom. The lowest BCUT2D eigenvalue weighted by Crippen LogP contribution is -2.23. The van der Waals surface area contributed by atoms with Crippen LogP contribution < -0.4 is 0 Å². The molecule has 2 nitrogen and oxygen atoms in total. The summed E-state index contributed by atoms with van der Waals surface area (Å²) in [6.45, 7) is 1.47. The zero-order chi connectivity index (χ0) is 12.5. The normalized spacial score (nSPS) is 14.4. The number of aliphatic hydroxyl groups is 1. The highest BCUT2D eigenvalue weighted by atomic mass is 19.1. The zero-order valence-electron chi connectivity index (χ0n) is 9.19. The fraction of sp³-hybridized carbons (Fsp3) is 0.154. The van der Waals surface area contributed by atoms with Gasteiger partial charge in [-0.1, -0.05) is 12.1 Å². The lowest BCUT2D eigenvalue weighted by Gasteiger charge is -2.24. The molecule has 1 unspecified atom stereocenters. The standard InChI is InChI=1S/C13H11F2NO/c1-13(17,9-3-2-4-11(14)5-9)10-6-12(15)8-16-7-10/h2-8,17H,1H3. The predicted molar refractivity (Wildman–Crippen MR) is 59.3 cm³/mol. The number of hydrogen-bond acceptors (Lipinski definition) is 2. The maximum atomic E-state index is 13.1. The van der Waals surface area contributed by atoms with Crippen LogP contribution in [0.1, 0.15) is 18.1 Å². The van der Waals surface area contributed by atoms with Crippen LogP contribution in [0.5, 0.6) is 0 Å². The van der Waals surface area contributed by atoms with Gasteiger partial charge in [0.2, 0.25) is 0 Å². The lowest BCUT2D eigenvalue weighted by molar-refractivity contribution is 0.101. The molecule has 4 heteroatoms. The van der Waals surface area contributed by atoms with Crippen molar-refractivity contribution in [2.75, 3.05) is 0 Å². The minimum atomic E-state index is -1.48. The summed E-state index contributed by atoms with van der Waals surface area (Å²) in [4.78, 5) is 3.67. The van der Waals surface area contributed by atoms with E-state index in [4.69, 9.17) is 0 Å². The van der Waals surface area contributed by atoms with Crippen molar-refractivity contribution in [2.45, 2.75) is 12.5 Å². The number of pyridine rings is 1. The second-order valence-electron chi connectivity index (χ2n) is 3.97. The molecule has 1 aromatic carbocycles. The molecule has 1 heterocycles. The number of nitrogens with zero attached hydrogens (tertiary/aromatic N) is 1. The number of halogens is 2. The summed E-state index contributed by atoms with van der Waals surface area (Å²) in [5.74, 6) is -0.994. The van der Waals surface area contributed by atoms with E-state index in [1.165, 1.54) is 37.4 Å². The van der Waals surface area contributed by atoms with E-state index in [0.717, 1.165) is 6.20 Å². The Bertz CT molecular complexity index is 493. The molecule has 1 N–H and O–H groups in total. The first-order valence-electron chi connectivity index (χ1n) is 5.09. The second-order valence-corrected chi connectivity index (χ2v) is 3.97. The average Bonchev–Trinajstić information content (AvgIpc) is 2.29. The van der Waals surface area contributed by atoms with Gasteiger partial charge in [0.05, 0.1) is 6.20 Å². The molecule has 1 aromatic heterocycles. The number of benzene rings is 1. The maximum absolute atomic E-state index is 13.1. The van der Waals surface area contributed by atoms with Crippen molar-refractivity contribution in [3.8, 4) is 0 Å². The van der Waals surface area contributed by atoms with Crippen molar-refractivity contribution in [1.29, 1.82) is 0 Å². The summed E-state index contributed by atoms with van der Waals surface area (Å²) in [6, 6.07) is 6.74. The second kappa shape index (κ2) is 4.22. The maximum Gasteiger partial charge on any atom is 0.141 e. The lowest BCUT2D eigenvalue weighted by atomic mass is 9.89. The molecular formula is C13H11F2NO. The van der Waals surface area contributed by atoms with Crippen LogP contribution in [0.4, 0.5) is 8.78 Å². The minimum absolute atomic E-state index is 0.281. The first kappa shape index (κ1) is 11.7. The fourth-order valence-corrected chi connectivity index (χ4v) is 1.64. The summed E-state index contributed by atoms with van der Waals surface area (Å²) >= 11 is 0. The van der Waals surface area contributed by atoms with Gasteiger partial charge in [-0.25, -0.2) is 8.78 Å². The predicted octanol–water partition coefficient (Wildman–Crippen LogP) is 2.62. The third-order valence-electron chi connectivity index (χ3n) is 2.65. The molecule has 2 rings (SSSR count). The molecule has 0 radical (unpaired) electrons. The summed E-state index contributed by atoms with van der Waals surface area (Å²) in [5.41, 5.74) is -0.843. The van der Waals surface area contributed by atoms with Gasteiger partial charge in [0, 0.05) is 11.8 Å². The summed E-state index contributed by atoms with van der Waals surface area (Å²) in [6.07, 6.45) is 2.40. The van der Waals surface area contributed by atoms with Crippen molar-refractivity contribution in [1.82, 2.24) is 4.98 Å². The van der Waals surface area contributed by atoms with Gasteiger partial charge >= 0.3 is 0 Å². The molecule has 0 amide bonds. The van der Waals surface area contributed by atoms with Gasteiger partial charge in [0.25, 0.3) is 0 Å². The van der Waals surface area contributed by atoms with Crippen LogP contribution >= 0.6 is 0 Å². The summed E-state index contributed by atoms with van der Waals surface area (Å²) in [7, 11) is 0. The van der Waals surface area contributed by atoms with Crippen molar-refractivity contribution in [2.24, 2.45) is 0 Å². The number of rotatable bonds is 2. The van der Waals surface area contributed by atoms with Gasteiger partial charge in [-0.3, -0.25) is 4.98 Å². The third kappa shape index (κ3) is 2.31. The van der Waals surface area contributed by atoms with Crippen molar-refractivity contribution >= 4 is 0 Å². The SMILES string of the molecule is CC(O)(c1cccc(F)c1)c1cncc(F)c1. The van der Waals surface area contributed by atoms with Gasteiger partial charge in [-0.05, 0) is 30.7 Å². The Morgan fingerprint density at radius 2 is 1.76 bits per heavy atom. The Morgan fingerprint density at radius 3 is 2.41 bits per heavy atom. The smallest absolute Gasteiger partial charge is 0.141 e. The van der Waals surface area contributed by atoms with E-state index in [0.29, 0.717) is 5.56 Å². The molecule has 0 aliphatic carbocycles. The molecule has 1 atom stereocenters. The molecule has 17 heavy (non-hydrogen) atoms. The third-order valence-corrected chi connectivity index (χ3v) is 2.65. The van der Waals surface area contributed by atoms with Gasteiger partial charge in [-0.15, -0.1) is 0 Å². The van der Waals surface area contributed by atoms with E-state index in [1.54, 1.807) is 6.07 Å². The molecule has 0 bridgehead atoms. The Balaban J connectivity index is 2.49. The van der Waals surface area contributed by atoms with Crippen molar-refractivity contribution in [3.05, 3.63) is 65.5 Å². The van der Waals surface area contributed by atoms with Gasteiger partial charge < -0.3 is 5.11 Å². The van der Waals surface area contributed by atoms with Crippen LogP contribution in [0.2, 0.25) is 0 Å². The topological polar surface area (TPSA) is 33.1 Å². The summed E-state index contributed by atoms with van der Waals surface area (Å²) < 4.78 is 26.1. The molecule has 0 fully saturated rings. The minimum Gasteiger partial charge on any atom is -0.381 e. The Hall–Kier alpha value is -1.81. The monoisotopic (exact) mass is 235 g/mol. The van der Waals surface area contributed by atoms with E-state index in [1.807, 2.05) is 0 Å². The van der Waals surface area contributed by atoms with E-state index in [9.17, 15) is 13.9 Å². The zero-order valence-corrected chi connectivity index (χ0v) is 9.19.